The summed E-state index contributed by atoms with van der Waals surface area (Å²) in [7, 11) is 1.65. The molecule has 1 aromatic carbocycles. The van der Waals surface area contributed by atoms with E-state index in [-0.39, 0.29) is 17.7 Å². The van der Waals surface area contributed by atoms with Gasteiger partial charge in [0, 0.05) is 22.6 Å². The Kier molecular flexibility index (Phi) is 4.12. The van der Waals surface area contributed by atoms with Gasteiger partial charge in [-0.1, -0.05) is 18.2 Å². The topological polar surface area (TPSA) is 89.3 Å². The predicted octanol–water partition coefficient (Wildman–Crippen LogP) is 4.12. The number of allylic oxidation sites excluding steroid dienone is 1. The van der Waals surface area contributed by atoms with E-state index in [0.717, 1.165) is 27.5 Å². The van der Waals surface area contributed by atoms with Gasteiger partial charge in [-0.2, -0.15) is 0 Å². The Morgan fingerprint density at radius 3 is 2.71 bits per heavy atom. The number of nitrogens with one attached hydrogen (secondary N) is 2. The van der Waals surface area contributed by atoms with Crippen LogP contribution in [0, 0.1) is 0 Å². The van der Waals surface area contributed by atoms with Gasteiger partial charge in [-0.3, -0.25) is 4.79 Å². The molecule has 0 amide bonds. The minimum Gasteiger partial charge on any atom is -0.497 e. The lowest BCUT2D eigenvalue weighted by atomic mass is 9.79. The van der Waals surface area contributed by atoms with E-state index < -0.39 is 0 Å². The highest BCUT2D eigenvalue weighted by molar-refractivity contribution is 7.10. The molecule has 3 heterocycles. The lowest BCUT2D eigenvalue weighted by molar-refractivity contribution is -0.116. The molecular weight excluding hydrogens is 376 g/mol. The van der Waals surface area contributed by atoms with Crippen molar-refractivity contribution in [3.63, 3.8) is 0 Å². The van der Waals surface area contributed by atoms with Gasteiger partial charge < -0.3 is 15.4 Å². The molecule has 0 saturated heterocycles. The molecule has 2 aliphatic rings. The summed E-state index contributed by atoms with van der Waals surface area (Å²) in [5.41, 5.74) is 2.75. The third kappa shape index (κ3) is 2.86. The highest BCUT2D eigenvalue weighted by Gasteiger charge is 2.37. The number of thiophene rings is 1. The van der Waals surface area contributed by atoms with Crippen LogP contribution in [0.5, 0.6) is 5.75 Å². The number of ether oxygens (including phenoxy) is 1. The van der Waals surface area contributed by atoms with E-state index in [1.54, 1.807) is 18.4 Å². The number of carbonyl (C=O) groups excluding carboxylic acids is 1. The van der Waals surface area contributed by atoms with E-state index in [2.05, 4.69) is 20.9 Å². The SMILES string of the molecule is COc1ccc([C@H]2CC(=O)C3=C(C2)Nc2nonc2N[C@H]3c2cccs2)cc1. The summed E-state index contributed by atoms with van der Waals surface area (Å²) in [6.45, 7) is 0. The number of Topliss-reactive ketones (excluding diaryl/α,β-unsaturated/α-hetero) is 1. The molecule has 28 heavy (non-hydrogen) atoms. The molecule has 2 atom stereocenters. The fraction of sp³-hybridized carbons (Fsp3) is 0.250. The first kappa shape index (κ1) is 17.0. The molecule has 0 radical (unpaired) electrons. The summed E-state index contributed by atoms with van der Waals surface area (Å²) in [5.74, 6) is 2.05. The molecule has 8 heteroatoms. The maximum Gasteiger partial charge on any atom is 0.219 e. The first-order chi connectivity index (χ1) is 13.7. The normalized spacial score (nSPS) is 21.2. The Bertz CT molecular complexity index is 1040. The summed E-state index contributed by atoms with van der Waals surface area (Å²) < 4.78 is 10.1. The molecular formula is C20H18N4O3S. The van der Waals surface area contributed by atoms with E-state index in [4.69, 9.17) is 9.37 Å². The van der Waals surface area contributed by atoms with Crippen LogP contribution in [-0.2, 0) is 4.79 Å². The Labute approximate surface area is 165 Å². The fourth-order valence-electron chi connectivity index (χ4n) is 3.88. The van der Waals surface area contributed by atoms with Crippen LogP contribution in [-0.4, -0.2) is 23.2 Å². The Balaban J connectivity index is 1.55. The van der Waals surface area contributed by atoms with Crippen LogP contribution < -0.4 is 15.4 Å². The quantitative estimate of drug-likeness (QED) is 0.691. The van der Waals surface area contributed by atoms with Gasteiger partial charge in [-0.15, -0.1) is 11.3 Å². The molecule has 1 aliphatic heterocycles. The summed E-state index contributed by atoms with van der Waals surface area (Å²) in [5, 5.41) is 16.5. The van der Waals surface area contributed by atoms with Crippen LogP contribution in [0.25, 0.3) is 0 Å². The molecule has 0 spiro atoms. The number of methoxy groups -OCH3 is 1. The van der Waals surface area contributed by atoms with E-state index in [0.29, 0.717) is 24.5 Å². The number of anilines is 2. The lowest BCUT2D eigenvalue weighted by Crippen LogP contribution is -2.26. The zero-order valence-electron chi connectivity index (χ0n) is 15.1. The molecule has 142 valence electrons. The van der Waals surface area contributed by atoms with Crippen molar-refractivity contribution in [2.45, 2.75) is 24.8 Å². The van der Waals surface area contributed by atoms with Gasteiger partial charge in [0.2, 0.25) is 11.6 Å². The number of nitrogens with zero attached hydrogens (tertiary/aromatic N) is 2. The fourth-order valence-corrected chi connectivity index (χ4v) is 4.67. The average Bonchev–Trinajstić information content (AvgIpc) is 3.37. The van der Waals surface area contributed by atoms with Crippen molar-refractivity contribution in [1.82, 2.24) is 10.3 Å². The number of benzene rings is 1. The first-order valence-electron chi connectivity index (χ1n) is 9.02. The van der Waals surface area contributed by atoms with Crippen molar-refractivity contribution >= 4 is 28.8 Å². The van der Waals surface area contributed by atoms with E-state index in [9.17, 15) is 4.79 Å². The summed E-state index contributed by atoms with van der Waals surface area (Å²) in [6, 6.07) is 11.7. The van der Waals surface area contributed by atoms with Crippen LogP contribution in [0.1, 0.15) is 35.2 Å². The molecule has 2 aromatic heterocycles. The third-order valence-corrected chi connectivity index (χ3v) is 6.19. The average molecular weight is 394 g/mol. The standard InChI is InChI=1S/C20H18N4O3S/c1-26-13-6-4-11(5-7-13)12-9-14-17(15(25)10-12)18(16-3-2-8-28-16)22-20-19(21-14)23-27-24-20/h2-8,12,18H,9-10H2,1H3,(H,21,23)(H,22,24)/t12-,18+/m1/s1. The van der Waals surface area contributed by atoms with E-state index >= 15 is 0 Å². The molecule has 0 unspecified atom stereocenters. The predicted molar refractivity (Wildman–Crippen MR) is 106 cm³/mol. The van der Waals surface area contributed by atoms with E-state index in [1.807, 2.05) is 41.8 Å². The van der Waals surface area contributed by atoms with Gasteiger partial charge in [-0.25, -0.2) is 4.63 Å². The molecule has 1 aliphatic carbocycles. The summed E-state index contributed by atoms with van der Waals surface area (Å²) >= 11 is 1.61. The first-order valence-corrected chi connectivity index (χ1v) is 9.90. The zero-order chi connectivity index (χ0) is 19.1. The van der Waals surface area contributed by atoms with Crippen molar-refractivity contribution in [2.24, 2.45) is 0 Å². The number of hydrogen-bond donors (Lipinski definition) is 2. The van der Waals surface area contributed by atoms with Gasteiger partial charge in [0.15, 0.2) is 5.78 Å². The zero-order valence-corrected chi connectivity index (χ0v) is 16.0. The smallest absolute Gasteiger partial charge is 0.219 e. The second-order valence-corrected chi connectivity index (χ2v) is 7.85. The number of hydrogen-bond acceptors (Lipinski definition) is 8. The van der Waals surface area contributed by atoms with Crippen LogP contribution in [0.4, 0.5) is 11.6 Å². The molecule has 5 rings (SSSR count). The lowest BCUT2D eigenvalue weighted by Gasteiger charge is -2.29. The number of carbonyl (C=O) groups is 1. The molecule has 0 bridgehead atoms. The maximum absolute atomic E-state index is 13.2. The molecule has 2 N–H and O–H groups in total. The molecule has 7 nitrogen and oxygen atoms in total. The van der Waals surface area contributed by atoms with Crippen molar-refractivity contribution in [3.8, 4) is 5.75 Å². The minimum atomic E-state index is -0.264. The van der Waals surface area contributed by atoms with Crippen molar-refractivity contribution in [1.29, 1.82) is 0 Å². The number of ketones is 1. The minimum absolute atomic E-state index is 0.0926. The molecule has 0 saturated carbocycles. The van der Waals surface area contributed by atoms with Crippen molar-refractivity contribution in [2.75, 3.05) is 17.7 Å². The monoisotopic (exact) mass is 394 g/mol. The Morgan fingerprint density at radius 1 is 1.14 bits per heavy atom. The second kappa shape index (κ2) is 6.79. The van der Waals surface area contributed by atoms with Crippen molar-refractivity contribution < 1.29 is 14.2 Å². The molecule has 3 aromatic rings. The van der Waals surface area contributed by atoms with Crippen LogP contribution in [0.15, 0.2) is 57.7 Å². The Hall–Kier alpha value is -3.13. The summed E-state index contributed by atoms with van der Waals surface area (Å²) in [6.07, 6.45) is 1.18. The van der Waals surface area contributed by atoms with Gasteiger partial charge in [0.05, 0.1) is 13.2 Å². The van der Waals surface area contributed by atoms with Crippen molar-refractivity contribution in [3.05, 3.63) is 63.5 Å². The molecule has 0 fully saturated rings. The van der Waals surface area contributed by atoms with Gasteiger partial charge in [-0.05, 0) is 51.8 Å². The van der Waals surface area contributed by atoms with Gasteiger partial charge in [0.1, 0.15) is 5.75 Å². The van der Waals surface area contributed by atoms with Crippen LogP contribution >= 0.6 is 11.3 Å². The van der Waals surface area contributed by atoms with Gasteiger partial charge >= 0.3 is 0 Å². The number of fused-ring (bicyclic) bond motifs is 1. The second-order valence-electron chi connectivity index (χ2n) is 6.87. The van der Waals surface area contributed by atoms with Crippen LogP contribution in [0.3, 0.4) is 0 Å². The maximum atomic E-state index is 13.2. The number of aromatic nitrogens is 2. The summed E-state index contributed by atoms with van der Waals surface area (Å²) in [4.78, 5) is 14.3. The number of rotatable bonds is 3. The third-order valence-electron chi connectivity index (χ3n) is 5.25. The highest BCUT2D eigenvalue weighted by Crippen LogP contribution is 2.44. The Morgan fingerprint density at radius 2 is 1.96 bits per heavy atom. The van der Waals surface area contributed by atoms with E-state index in [1.165, 1.54) is 0 Å². The van der Waals surface area contributed by atoms with Gasteiger partial charge in [0.25, 0.3) is 0 Å². The largest absolute Gasteiger partial charge is 0.497 e. The van der Waals surface area contributed by atoms with Crippen LogP contribution in [0.2, 0.25) is 0 Å². The highest BCUT2D eigenvalue weighted by atomic mass is 32.1.